The number of nitrogens with one attached hydrogen (secondary N) is 1. The van der Waals surface area contributed by atoms with Gasteiger partial charge in [-0.2, -0.15) is 0 Å². The molecule has 10 heavy (non-hydrogen) atoms. The van der Waals surface area contributed by atoms with Crippen molar-refractivity contribution in [1.29, 1.82) is 0 Å². The van der Waals surface area contributed by atoms with Crippen molar-refractivity contribution in [1.82, 2.24) is 15.4 Å². The molecule has 0 atom stereocenters. The number of aromatic amines is 1. The Morgan fingerprint density at radius 3 is 2.10 bits per heavy atom. The zero-order chi connectivity index (χ0) is 7.11. The Bertz CT molecular complexity index is 131. The van der Waals surface area contributed by atoms with Crippen molar-refractivity contribution >= 4 is 17.0 Å². The summed E-state index contributed by atoms with van der Waals surface area (Å²) in [5, 5.41) is 9.26. The molecule has 5 N–H and O–H groups in total. The lowest BCUT2D eigenvalue weighted by Crippen LogP contribution is -2.18. The number of carbonyl (C=O) groups is 1. The maximum absolute atomic E-state index is 9.00. The van der Waals surface area contributed by atoms with Gasteiger partial charge in [-0.1, -0.05) is 5.21 Å². The highest BCUT2D eigenvalue weighted by Crippen LogP contribution is 1.55. The molecule has 1 rings (SSSR count). The van der Waals surface area contributed by atoms with Crippen LogP contribution in [-0.2, 0) is 0 Å². The number of aromatic nitrogens is 3. The van der Waals surface area contributed by atoms with Crippen molar-refractivity contribution in [2.75, 3.05) is 0 Å². The second-order valence-corrected chi connectivity index (χ2v) is 1.06. The van der Waals surface area contributed by atoms with Crippen molar-refractivity contribution in [3.63, 3.8) is 0 Å². The Morgan fingerprint density at radius 2 is 2.00 bits per heavy atom. The predicted molar refractivity (Wildman–Crippen MR) is 41.5 cm³/mol. The van der Waals surface area contributed by atoms with E-state index >= 15 is 0 Å². The first-order valence-corrected chi connectivity index (χ1v) is 2.09. The molecule has 1 heterocycles. The van der Waals surface area contributed by atoms with Crippen LogP contribution in [0.15, 0.2) is 12.4 Å². The van der Waals surface area contributed by atoms with Gasteiger partial charge < -0.3 is 11.5 Å². The summed E-state index contributed by atoms with van der Waals surface area (Å²) in [6.07, 6.45) is 3.24. The van der Waals surface area contributed by atoms with Crippen molar-refractivity contribution in [2.24, 2.45) is 11.5 Å². The standard InChI is InChI=1S/C2H3N3.CH4N2O.H4Si/c1-2-4-5-3-1;2-1(3)4;/h1-2H,(H,3,4,5);(H4,2,3,4);1H4. The lowest BCUT2D eigenvalue weighted by molar-refractivity contribution is 0.256. The maximum atomic E-state index is 9.00. The summed E-state index contributed by atoms with van der Waals surface area (Å²) < 4.78 is 0. The number of nitrogens with zero attached hydrogens (tertiary/aromatic N) is 2. The van der Waals surface area contributed by atoms with Gasteiger partial charge in [-0.25, -0.2) is 4.79 Å². The van der Waals surface area contributed by atoms with Gasteiger partial charge in [0.05, 0.1) is 6.20 Å². The molecule has 0 radical (unpaired) electrons. The van der Waals surface area contributed by atoms with Crippen LogP contribution in [0.1, 0.15) is 0 Å². The minimum atomic E-state index is -0.833. The number of rotatable bonds is 0. The zero-order valence-electron chi connectivity index (χ0n) is 4.61. The van der Waals surface area contributed by atoms with E-state index in [1.54, 1.807) is 12.4 Å². The van der Waals surface area contributed by atoms with Gasteiger partial charge in [-0.3, -0.25) is 5.10 Å². The Balaban J connectivity index is 0. The molecule has 1 aromatic heterocycles. The van der Waals surface area contributed by atoms with E-state index in [1.807, 2.05) is 0 Å². The maximum Gasteiger partial charge on any atom is 0.309 e. The Labute approximate surface area is 62.0 Å². The quantitative estimate of drug-likeness (QED) is 0.362. The molecule has 2 amide bonds. The van der Waals surface area contributed by atoms with Crippen LogP contribution in [0.3, 0.4) is 0 Å². The molecular formula is C3H11N5OSi. The number of carbonyl (C=O) groups excluding carboxylic acids is 1. The van der Waals surface area contributed by atoms with Crippen LogP contribution in [0.25, 0.3) is 0 Å². The molecule has 0 saturated carbocycles. The van der Waals surface area contributed by atoms with E-state index in [4.69, 9.17) is 4.79 Å². The molecular weight excluding hydrogens is 150 g/mol. The molecule has 6 nitrogen and oxygen atoms in total. The molecule has 0 spiro atoms. The molecule has 0 aliphatic rings. The molecule has 0 unspecified atom stereocenters. The highest BCUT2D eigenvalue weighted by Gasteiger charge is 1.60. The summed E-state index contributed by atoms with van der Waals surface area (Å²) in [6.45, 7) is 0. The zero-order valence-corrected chi connectivity index (χ0v) is 4.61. The minimum Gasteiger partial charge on any atom is -0.352 e. The molecule has 1 aromatic rings. The molecule has 0 saturated heterocycles. The molecule has 58 valence electrons. The van der Waals surface area contributed by atoms with Crippen LogP contribution in [0.2, 0.25) is 0 Å². The van der Waals surface area contributed by atoms with Gasteiger partial charge in [0.2, 0.25) is 0 Å². The number of hydrogen-bond acceptors (Lipinski definition) is 3. The molecule has 7 heteroatoms. The van der Waals surface area contributed by atoms with E-state index < -0.39 is 6.03 Å². The van der Waals surface area contributed by atoms with Crippen LogP contribution in [0.4, 0.5) is 4.79 Å². The lowest BCUT2D eigenvalue weighted by Gasteiger charge is -1.62. The third kappa shape index (κ3) is 16.0. The summed E-state index contributed by atoms with van der Waals surface area (Å²) in [7, 11) is 0. The number of H-pyrrole nitrogens is 1. The van der Waals surface area contributed by atoms with Gasteiger partial charge in [0, 0.05) is 6.20 Å². The largest absolute Gasteiger partial charge is 0.352 e. The second kappa shape index (κ2) is 7.63. The average molecular weight is 161 g/mol. The Morgan fingerprint density at radius 1 is 1.50 bits per heavy atom. The third-order valence-corrected chi connectivity index (χ3v) is 0.331. The number of hydrogen-bond donors (Lipinski definition) is 3. The molecule has 0 aromatic carbocycles. The first kappa shape index (κ1) is 11.4. The fraction of sp³-hybridized carbons (Fsp3) is 0. The Kier molecular flexibility index (Phi) is 8.72. The van der Waals surface area contributed by atoms with Crippen molar-refractivity contribution in [3.8, 4) is 0 Å². The van der Waals surface area contributed by atoms with Crippen molar-refractivity contribution < 1.29 is 4.79 Å². The van der Waals surface area contributed by atoms with E-state index in [0.717, 1.165) is 0 Å². The van der Waals surface area contributed by atoms with Crippen molar-refractivity contribution in [2.45, 2.75) is 0 Å². The SMILES string of the molecule is NC(N)=O.[SiH4].c1c[nH]nn1. The fourth-order valence-electron chi connectivity index (χ4n) is 0.167. The van der Waals surface area contributed by atoms with Gasteiger partial charge in [0.15, 0.2) is 0 Å². The van der Waals surface area contributed by atoms with Gasteiger partial charge in [-0.05, 0) is 11.0 Å². The first-order valence-electron chi connectivity index (χ1n) is 2.09. The summed E-state index contributed by atoms with van der Waals surface area (Å²) >= 11 is 0. The van der Waals surface area contributed by atoms with Crippen molar-refractivity contribution in [3.05, 3.63) is 12.4 Å². The summed E-state index contributed by atoms with van der Waals surface area (Å²) in [6, 6.07) is -0.833. The molecule has 0 bridgehead atoms. The topological polar surface area (TPSA) is 111 Å². The first-order chi connectivity index (χ1) is 4.23. The monoisotopic (exact) mass is 161 g/mol. The van der Waals surface area contributed by atoms with Crippen LogP contribution >= 0.6 is 0 Å². The van der Waals surface area contributed by atoms with E-state index in [-0.39, 0.29) is 11.0 Å². The number of primary amides is 2. The summed E-state index contributed by atoms with van der Waals surface area (Å²) in [5.74, 6) is 0. The van der Waals surface area contributed by atoms with Gasteiger partial charge >= 0.3 is 6.03 Å². The molecule has 0 aliphatic carbocycles. The van der Waals surface area contributed by atoms with Crippen LogP contribution < -0.4 is 11.5 Å². The molecule has 0 aliphatic heterocycles. The highest BCUT2D eigenvalue weighted by atomic mass is 28.1. The van der Waals surface area contributed by atoms with E-state index in [0.29, 0.717) is 0 Å². The Hall–Kier alpha value is -1.37. The van der Waals surface area contributed by atoms with Crippen LogP contribution in [0.5, 0.6) is 0 Å². The number of nitrogens with two attached hydrogens (primary N) is 2. The van der Waals surface area contributed by atoms with Crippen LogP contribution in [-0.4, -0.2) is 32.4 Å². The predicted octanol–water partition coefficient (Wildman–Crippen LogP) is -2.62. The number of urea groups is 1. The average Bonchev–Trinajstić information content (AvgIpc) is 2.11. The second-order valence-electron chi connectivity index (χ2n) is 1.06. The summed E-state index contributed by atoms with van der Waals surface area (Å²) in [4.78, 5) is 9.00. The smallest absolute Gasteiger partial charge is 0.309 e. The van der Waals surface area contributed by atoms with E-state index in [9.17, 15) is 0 Å². The third-order valence-electron chi connectivity index (χ3n) is 0.331. The lowest BCUT2D eigenvalue weighted by atomic mass is 11.0. The van der Waals surface area contributed by atoms with Gasteiger partial charge in [0.1, 0.15) is 0 Å². The fourth-order valence-corrected chi connectivity index (χ4v) is 0.167. The van der Waals surface area contributed by atoms with Gasteiger partial charge in [-0.15, -0.1) is 5.10 Å². The van der Waals surface area contributed by atoms with E-state index in [2.05, 4.69) is 26.9 Å². The van der Waals surface area contributed by atoms with E-state index in [1.165, 1.54) is 0 Å². The normalized spacial score (nSPS) is 6.40. The van der Waals surface area contributed by atoms with Gasteiger partial charge in [0.25, 0.3) is 0 Å². The molecule has 0 fully saturated rings. The minimum absolute atomic E-state index is 0. The summed E-state index contributed by atoms with van der Waals surface area (Å²) in [5.41, 5.74) is 8.50. The number of amides is 2. The highest BCUT2D eigenvalue weighted by molar-refractivity contribution is 5.75. The van der Waals surface area contributed by atoms with Crippen LogP contribution in [0, 0.1) is 0 Å².